The second-order valence-corrected chi connectivity index (χ2v) is 8.01. The van der Waals surface area contributed by atoms with Crippen molar-refractivity contribution in [3.05, 3.63) is 63.1 Å². The molecule has 26 heavy (non-hydrogen) atoms. The van der Waals surface area contributed by atoms with Crippen molar-refractivity contribution in [1.82, 2.24) is 4.90 Å². The number of hydrogen-bond acceptors (Lipinski definition) is 3. The lowest BCUT2D eigenvalue weighted by molar-refractivity contribution is 0.101. The molecule has 0 radical (unpaired) electrons. The van der Waals surface area contributed by atoms with E-state index in [1.807, 2.05) is 6.07 Å². The van der Waals surface area contributed by atoms with Gasteiger partial charge in [-0.05, 0) is 74.2 Å². The summed E-state index contributed by atoms with van der Waals surface area (Å²) in [6.07, 6.45) is 3.51. The third-order valence-electron chi connectivity index (χ3n) is 5.36. The summed E-state index contributed by atoms with van der Waals surface area (Å²) in [5.74, 6) is -0.261. The third-order valence-corrected chi connectivity index (χ3v) is 5.82. The van der Waals surface area contributed by atoms with Gasteiger partial charge in [-0.1, -0.05) is 22.0 Å². The molecule has 1 amide bonds. The average molecular weight is 413 g/mol. The number of carbonyl (C=O) groups is 2. The number of fused-ring (bicyclic) bond motifs is 3. The van der Waals surface area contributed by atoms with Crippen molar-refractivity contribution in [3.8, 4) is 0 Å². The number of rotatable bonds is 3. The van der Waals surface area contributed by atoms with Gasteiger partial charge < -0.3 is 5.32 Å². The summed E-state index contributed by atoms with van der Waals surface area (Å²) < 4.78 is 0.724. The van der Waals surface area contributed by atoms with Crippen LogP contribution in [0.2, 0.25) is 0 Å². The van der Waals surface area contributed by atoms with Crippen LogP contribution in [-0.4, -0.2) is 29.7 Å². The molecule has 2 aliphatic heterocycles. The van der Waals surface area contributed by atoms with Crippen LogP contribution in [-0.2, 0) is 6.42 Å². The largest absolute Gasteiger partial charge is 0.322 e. The Kier molecular flexibility index (Phi) is 4.67. The second kappa shape index (κ2) is 6.97. The third kappa shape index (κ3) is 3.33. The summed E-state index contributed by atoms with van der Waals surface area (Å²) >= 11 is 3.38. The van der Waals surface area contributed by atoms with Crippen molar-refractivity contribution in [2.75, 3.05) is 18.4 Å². The van der Waals surface area contributed by atoms with Crippen LogP contribution in [0, 0.1) is 0 Å². The molecule has 2 aromatic carbocycles. The van der Waals surface area contributed by atoms with Gasteiger partial charge in [0.1, 0.15) is 0 Å². The molecule has 2 aromatic rings. The maximum atomic E-state index is 12.7. The van der Waals surface area contributed by atoms with E-state index in [1.165, 1.54) is 37.4 Å². The summed E-state index contributed by atoms with van der Waals surface area (Å²) in [4.78, 5) is 26.9. The Bertz CT molecular complexity index is 894. The van der Waals surface area contributed by atoms with Crippen LogP contribution in [0.5, 0.6) is 0 Å². The highest BCUT2D eigenvalue weighted by Crippen LogP contribution is 2.38. The Hall–Kier alpha value is -1.98. The maximum absolute atomic E-state index is 12.7. The van der Waals surface area contributed by atoms with Crippen molar-refractivity contribution in [1.29, 1.82) is 0 Å². The van der Waals surface area contributed by atoms with E-state index in [1.54, 1.807) is 18.2 Å². The first-order valence-electron chi connectivity index (χ1n) is 9.01. The topological polar surface area (TPSA) is 49.4 Å². The van der Waals surface area contributed by atoms with E-state index in [0.29, 0.717) is 17.2 Å². The molecule has 0 spiro atoms. The highest BCUT2D eigenvalue weighted by atomic mass is 79.9. The number of benzene rings is 2. The Balaban J connectivity index is 1.59. The van der Waals surface area contributed by atoms with E-state index >= 15 is 0 Å². The molecular formula is C21H21BrN2O2. The lowest BCUT2D eigenvalue weighted by Gasteiger charge is -2.32. The molecule has 0 bridgehead atoms. The highest BCUT2D eigenvalue weighted by Gasteiger charge is 2.31. The molecule has 1 saturated heterocycles. The summed E-state index contributed by atoms with van der Waals surface area (Å²) in [6, 6.07) is 11.8. The Morgan fingerprint density at radius 1 is 1.12 bits per heavy atom. The Labute approximate surface area is 161 Å². The van der Waals surface area contributed by atoms with Gasteiger partial charge in [-0.15, -0.1) is 0 Å². The molecule has 2 aliphatic rings. The van der Waals surface area contributed by atoms with Crippen molar-refractivity contribution in [2.24, 2.45) is 0 Å². The zero-order valence-electron chi connectivity index (χ0n) is 14.7. The number of carbonyl (C=O) groups excluding carboxylic acids is 2. The van der Waals surface area contributed by atoms with Gasteiger partial charge in [0.25, 0.3) is 5.91 Å². The molecular weight excluding hydrogens is 392 g/mol. The molecule has 1 N–H and O–H groups in total. The summed E-state index contributed by atoms with van der Waals surface area (Å²) in [6.45, 7) is 3.81. The molecule has 4 rings (SSSR count). The van der Waals surface area contributed by atoms with Crippen LogP contribution >= 0.6 is 15.9 Å². The predicted octanol–water partition coefficient (Wildman–Crippen LogP) is 4.60. The molecule has 1 unspecified atom stereocenters. The van der Waals surface area contributed by atoms with E-state index in [2.05, 4.69) is 38.3 Å². The lowest BCUT2D eigenvalue weighted by Crippen LogP contribution is -2.31. The number of Topliss-reactive ketones (excluding diaryl/α,β-unsaturated/α-hetero) is 1. The van der Waals surface area contributed by atoms with E-state index in [-0.39, 0.29) is 11.7 Å². The summed E-state index contributed by atoms with van der Waals surface area (Å²) in [5, 5.41) is 2.99. The number of anilines is 1. The van der Waals surface area contributed by atoms with Crippen LogP contribution in [0.15, 0.2) is 40.9 Å². The monoisotopic (exact) mass is 412 g/mol. The van der Waals surface area contributed by atoms with Gasteiger partial charge in [-0.25, -0.2) is 0 Å². The lowest BCUT2D eigenvalue weighted by atomic mass is 9.92. The van der Waals surface area contributed by atoms with Gasteiger partial charge in [0.15, 0.2) is 5.78 Å². The normalized spacial score (nSPS) is 18.9. The highest BCUT2D eigenvalue weighted by molar-refractivity contribution is 9.10. The van der Waals surface area contributed by atoms with Gasteiger partial charge in [0, 0.05) is 33.9 Å². The standard InChI is InChI=1S/C21H21BrN2O2/c1-13(25)15-9-16(11-17(22)10-15)21(26)23-18-5-4-14-6-8-24-7-2-3-20(24)19(14)12-18/h4-5,9-12,20H,2-3,6-8H2,1H3,(H,23,26). The fraction of sp³-hybridized carbons (Fsp3) is 0.333. The van der Waals surface area contributed by atoms with Gasteiger partial charge >= 0.3 is 0 Å². The average Bonchev–Trinajstić information content (AvgIpc) is 3.10. The molecule has 0 aliphatic carbocycles. The van der Waals surface area contributed by atoms with Crippen LogP contribution in [0.4, 0.5) is 5.69 Å². The van der Waals surface area contributed by atoms with Gasteiger partial charge in [0.05, 0.1) is 0 Å². The Morgan fingerprint density at radius 3 is 2.73 bits per heavy atom. The van der Waals surface area contributed by atoms with Crippen LogP contribution in [0.1, 0.15) is 57.7 Å². The van der Waals surface area contributed by atoms with Gasteiger partial charge in [-0.3, -0.25) is 14.5 Å². The summed E-state index contributed by atoms with van der Waals surface area (Å²) in [5.41, 5.74) is 4.56. The van der Waals surface area contributed by atoms with E-state index in [9.17, 15) is 9.59 Å². The van der Waals surface area contributed by atoms with E-state index in [0.717, 1.165) is 23.1 Å². The second-order valence-electron chi connectivity index (χ2n) is 7.10. The molecule has 4 nitrogen and oxygen atoms in total. The van der Waals surface area contributed by atoms with Crippen molar-refractivity contribution < 1.29 is 9.59 Å². The van der Waals surface area contributed by atoms with E-state index in [4.69, 9.17) is 0 Å². The first-order valence-corrected chi connectivity index (χ1v) is 9.80. The molecule has 5 heteroatoms. The minimum Gasteiger partial charge on any atom is -0.322 e. The fourth-order valence-corrected chi connectivity index (χ4v) is 4.54. The Morgan fingerprint density at radius 2 is 1.92 bits per heavy atom. The number of hydrogen-bond donors (Lipinski definition) is 1. The SMILES string of the molecule is CC(=O)c1cc(Br)cc(C(=O)Nc2ccc3c(c2)C2CCCN2CC3)c1. The number of halogens is 1. The zero-order chi connectivity index (χ0) is 18.3. The van der Waals surface area contributed by atoms with Gasteiger partial charge in [0.2, 0.25) is 0 Å². The molecule has 1 fully saturated rings. The number of ketones is 1. The van der Waals surface area contributed by atoms with E-state index < -0.39 is 0 Å². The predicted molar refractivity (Wildman–Crippen MR) is 106 cm³/mol. The molecule has 134 valence electrons. The molecule has 0 saturated carbocycles. The van der Waals surface area contributed by atoms with Crippen LogP contribution in [0.3, 0.4) is 0 Å². The van der Waals surface area contributed by atoms with Crippen LogP contribution in [0.25, 0.3) is 0 Å². The fourth-order valence-electron chi connectivity index (χ4n) is 4.05. The quantitative estimate of drug-likeness (QED) is 0.749. The van der Waals surface area contributed by atoms with Crippen LogP contribution < -0.4 is 5.32 Å². The number of amides is 1. The smallest absolute Gasteiger partial charge is 0.255 e. The molecule has 1 atom stereocenters. The zero-order valence-corrected chi connectivity index (χ0v) is 16.3. The van der Waals surface area contributed by atoms with Crippen molar-refractivity contribution >= 4 is 33.3 Å². The first kappa shape index (κ1) is 17.4. The molecule has 2 heterocycles. The number of nitrogens with one attached hydrogen (secondary N) is 1. The maximum Gasteiger partial charge on any atom is 0.255 e. The van der Waals surface area contributed by atoms with Crippen molar-refractivity contribution in [2.45, 2.75) is 32.2 Å². The minimum absolute atomic E-state index is 0.0598. The van der Waals surface area contributed by atoms with Gasteiger partial charge in [-0.2, -0.15) is 0 Å². The number of nitrogens with zero attached hydrogens (tertiary/aromatic N) is 1. The minimum atomic E-state index is -0.201. The van der Waals surface area contributed by atoms with Crippen molar-refractivity contribution in [3.63, 3.8) is 0 Å². The first-order chi connectivity index (χ1) is 12.5. The summed E-state index contributed by atoms with van der Waals surface area (Å²) in [7, 11) is 0. The molecule has 0 aromatic heterocycles.